The van der Waals surface area contributed by atoms with Crippen LogP contribution >= 0.6 is 11.3 Å². The van der Waals surface area contributed by atoms with Gasteiger partial charge in [0.05, 0.1) is 29.3 Å². The van der Waals surface area contributed by atoms with Crippen molar-refractivity contribution in [2.24, 2.45) is 0 Å². The van der Waals surface area contributed by atoms with Gasteiger partial charge in [0, 0.05) is 44.2 Å². The van der Waals surface area contributed by atoms with Crippen LogP contribution in [0.5, 0.6) is 11.5 Å². The van der Waals surface area contributed by atoms with Crippen LogP contribution in [0.2, 0.25) is 0 Å². The lowest BCUT2D eigenvalue weighted by molar-refractivity contribution is -0.385. The van der Waals surface area contributed by atoms with Crippen molar-refractivity contribution < 1.29 is 19.2 Å². The van der Waals surface area contributed by atoms with E-state index >= 15 is 0 Å². The predicted molar refractivity (Wildman–Crippen MR) is 129 cm³/mol. The molecule has 4 rings (SSSR count). The molecule has 10 heteroatoms. The van der Waals surface area contributed by atoms with E-state index in [1.165, 1.54) is 36.1 Å². The molecule has 3 aromatic rings. The van der Waals surface area contributed by atoms with Crippen LogP contribution in [0.3, 0.4) is 0 Å². The van der Waals surface area contributed by atoms with Crippen LogP contribution in [0.1, 0.15) is 21.6 Å². The first kappa shape index (κ1) is 23.7. The van der Waals surface area contributed by atoms with E-state index in [1.54, 1.807) is 10.4 Å². The van der Waals surface area contributed by atoms with Gasteiger partial charge in [-0.05, 0) is 12.0 Å². The number of hydrogen-bond donors (Lipinski definition) is 0. The molecule has 9 nitrogen and oxygen atoms in total. The van der Waals surface area contributed by atoms with Crippen molar-refractivity contribution in [2.75, 3.05) is 39.8 Å². The Hall–Kier alpha value is -3.50. The fourth-order valence-electron chi connectivity index (χ4n) is 3.88. The van der Waals surface area contributed by atoms with Gasteiger partial charge < -0.3 is 14.4 Å². The molecule has 1 aliphatic heterocycles. The van der Waals surface area contributed by atoms with Gasteiger partial charge >= 0.3 is 0 Å². The maximum Gasteiger partial charge on any atom is 0.286 e. The molecule has 0 atom stereocenters. The number of carbonyl (C=O) groups is 1. The molecule has 2 aromatic carbocycles. The number of carbonyl (C=O) groups excluding carboxylic acids is 1. The minimum atomic E-state index is -0.557. The predicted octanol–water partition coefficient (Wildman–Crippen LogP) is 3.64. The Morgan fingerprint density at radius 3 is 2.56 bits per heavy atom. The summed E-state index contributed by atoms with van der Waals surface area (Å²) >= 11 is 1.43. The van der Waals surface area contributed by atoms with Crippen LogP contribution in [-0.4, -0.2) is 65.4 Å². The smallest absolute Gasteiger partial charge is 0.286 e. The molecule has 1 fully saturated rings. The van der Waals surface area contributed by atoms with Gasteiger partial charge in [0.25, 0.3) is 11.6 Å². The number of rotatable bonds is 9. The van der Waals surface area contributed by atoms with Crippen LogP contribution in [0.4, 0.5) is 5.69 Å². The highest BCUT2D eigenvalue weighted by molar-refractivity contribution is 7.07. The van der Waals surface area contributed by atoms with Crippen molar-refractivity contribution in [3.8, 4) is 11.5 Å². The Bertz CT molecular complexity index is 1120. The highest BCUT2D eigenvalue weighted by Crippen LogP contribution is 2.36. The molecular weight excluding hydrogens is 456 g/mol. The lowest BCUT2D eigenvalue weighted by atomic mass is 10.1. The van der Waals surface area contributed by atoms with E-state index in [0.717, 1.165) is 26.1 Å². The van der Waals surface area contributed by atoms with Crippen molar-refractivity contribution in [2.45, 2.75) is 13.0 Å². The lowest BCUT2D eigenvalue weighted by Crippen LogP contribution is -2.49. The first-order valence-corrected chi connectivity index (χ1v) is 11.9. The summed E-state index contributed by atoms with van der Waals surface area (Å²) in [6.07, 6.45) is 0.944. The van der Waals surface area contributed by atoms with Crippen molar-refractivity contribution in [3.05, 3.63) is 80.3 Å². The molecule has 1 amide bonds. The second kappa shape index (κ2) is 11.1. The monoisotopic (exact) mass is 482 g/mol. The number of piperazine rings is 1. The zero-order valence-corrected chi connectivity index (χ0v) is 19.7. The topological polar surface area (TPSA) is 98.0 Å². The van der Waals surface area contributed by atoms with E-state index in [9.17, 15) is 14.9 Å². The molecule has 2 heterocycles. The molecule has 0 saturated carbocycles. The van der Waals surface area contributed by atoms with Crippen LogP contribution in [0.15, 0.2) is 53.4 Å². The molecule has 0 aliphatic carbocycles. The molecule has 0 unspecified atom stereocenters. The number of amides is 1. The summed E-state index contributed by atoms with van der Waals surface area (Å²) in [5.74, 6) is 0.0916. The Kier molecular flexibility index (Phi) is 7.71. The minimum Gasteiger partial charge on any atom is -0.493 e. The third kappa shape index (κ3) is 5.70. The van der Waals surface area contributed by atoms with Crippen LogP contribution in [-0.2, 0) is 13.0 Å². The normalized spacial score (nSPS) is 14.1. The third-order valence-electron chi connectivity index (χ3n) is 5.79. The zero-order valence-electron chi connectivity index (χ0n) is 18.9. The zero-order chi connectivity index (χ0) is 23.9. The SMILES string of the molecule is COc1cc(C(=O)N2CCN(CCc3ccccc3)CC2)c([N+](=O)[O-])cc1OCc1cscn1. The number of aromatic nitrogens is 1. The summed E-state index contributed by atoms with van der Waals surface area (Å²) in [6, 6.07) is 12.9. The van der Waals surface area contributed by atoms with Gasteiger partial charge in [-0.2, -0.15) is 0 Å². The first-order chi connectivity index (χ1) is 16.5. The van der Waals surface area contributed by atoms with Gasteiger partial charge in [0.15, 0.2) is 11.5 Å². The summed E-state index contributed by atoms with van der Waals surface area (Å²) in [7, 11) is 1.44. The molecule has 1 aromatic heterocycles. The van der Waals surface area contributed by atoms with E-state index in [2.05, 4.69) is 22.0 Å². The lowest BCUT2D eigenvalue weighted by Gasteiger charge is -2.34. The Morgan fingerprint density at radius 1 is 1.15 bits per heavy atom. The number of benzene rings is 2. The van der Waals surface area contributed by atoms with Gasteiger partial charge in [-0.3, -0.25) is 19.8 Å². The van der Waals surface area contributed by atoms with E-state index in [1.807, 2.05) is 23.6 Å². The van der Waals surface area contributed by atoms with E-state index in [0.29, 0.717) is 18.8 Å². The van der Waals surface area contributed by atoms with Gasteiger partial charge in [-0.25, -0.2) is 4.98 Å². The number of ether oxygens (including phenoxy) is 2. The maximum absolute atomic E-state index is 13.2. The standard InChI is InChI=1S/C24H26N4O5S/c1-32-22-13-20(21(28(30)31)14-23(22)33-15-19-16-34-17-25-19)24(29)27-11-9-26(10-12-27)8-7-18-5-3-2-4-6-18/h2-6,13-14,16-17H,7-12,15H2,1H3. The van der Waals surface area contributed by atoms with E-state index in [-0.39, 0.29) is 35.3 Å². The molecule has 178 valence electrons. The third-order valence-corrected chi connectivity index (χ3v) is 6.42. The molecule has 0 N–H and O–H groups in total. The summed E-state index contributed by atoms with van der Waals surface area (Å²) < 4.78 is 11.1. The Labute approximate surface area is 201 Å². The summed E-state index contributed by atoms with van der Waals surface area (Å²) in [5.41, 5.74) is 3.37. The van der Waals surface area contributed by atoms with Crippen molar-refractivity contribution >= 4 is 22.9 Å². The van der Waals surface area contributed by atoms with Crippen LogP contribution in [0.25, 0.3) is 0 Å². The average molecular weight is 483 g/mol. The van der Waals surface area contributed by atoms with Crippen molar-refractivity contribution in [1.82, 2.24) is 14.8 Å². The Morgan fingerprint density at radius 2 is 1.91 bits per heavy atom. The van der Waals surface area contributed by atoms with E-state index in [4.69, 9.17) is 9.47 Å². The largest absolute Gasteiger partial charge is 0.493 e. The summed E-state index contributed by atoms with van der Waals surface area (Å²) in [4.78, 5) is 32.6. The first-order valence-electron chi connectivity index (χ1n) is 11.0. The fraction of sp³-hybridized carbons (Fsp3) is 0.333. The number of nitrogens with zero attached hydrogens (tertiary/aromatic N) is 4. The molecule has 1 aliphatic rings. The van der Waals surface area contributed by atoms with E-state index < -0.39 is 4.92 Å². The van der Waals surface area contributed by atoms with Crippen LogP contribution < -0.4 is 9.47 Å². The van der Waals surface area contributed by atoms with Gasteiger partial charge in [-0.1, -0.05) is 30.3 Å². The Balaban J connectivity index is 1.43. The maximum atomic E-state index is 13.2. The second-order valence-corrected chi connectivity index (χ2v) is 8.63. The number of hydrogen-bond acceptors (Lipinski definition) is 8. The molecular formula is C24H26N4O5S. The number of nitro groups is 1. The number of nitro benzene ring substituents is 1. The fourth-order valence-corrected chi connectivity index (χ4v) is 4.42. The highest BCUT2D eigenvalue weighted by Gasteiger charge is 2.30. The molecule has 0 radical (unpaired) electrons. The number of methoxy groups -OCH3 is 1. The van der Waals surface area contributed by atoms with Gasteiger partial charge in [0.2, 0.25) is 0 Å². The van der Waals surface area contributed by atoms with Crippen molar-refractivity contribution in [3.63, 3.8) is 0 Å². The number of thiazole rings is 1. The molecule has 1 saturated heterocycles. The molecule has 34 heavy (non-hydrogen) atoms. The summed E-state index contributed by atoms with van der Waals surface area (Å²) in [6.45, 7) is 3.52. The highest BCUT2D eigenvalue weighted by atomic mass is 32.1. The average Bonchev–Trinajstić information content (AvgIpc) is 3.40. The second-order valence-electron chi connectivity index (χ2n) is 7.92. The van der Waals surface area contributed by atoms with Crippen LogP contribution in [0, 0.1) is 10.1 Å². The quantitative estimate of drug-likeness (QED) is 0.339. The van der Waals surface area contributed by atoms with Gasteiger partial charge in [-0.15, -0.1) is 11.3 Å². The van der Waals surface area contributed by atoms with Crippen molar-refractivity contribution in [1.29, 1.82) is 0 Å². The molecule has 0 spiro atoms. The summed E-state index contributed by atoms with van der Waals surface area (Å²) in [5, 5.41) is 13.6. The minimum absolute atomic E-state index is 0.000550. The van der Waals surface area contributed by atoms with Gasteiger partial charge in [0.1, 0.15) is 12.2 Å². The molecule has 0 bridgehead atoms.